The molecule has 148 valence electrons. The third-order valence-electron chi connectivity index (χ3n) is 7.22. The van der Waals surface area contributed by atoms with Gasteiger partial charge in [-0.3, -0.25) is 0 Å². The SMILES string of the molecule is CC1(C)OB(c2[se]c(B3OC(C)(C)C(C)(C)O3)c3c2CCCC3)OC1(C)C. The zero-order valence-electron chi connectivity index (χ0n) is 18.0. The Labute approximate surface area is 170 Å². The molecule has 1 aromatic heterocycles. The van der Waals surface area contributed by atoms with E-state index in [0.717, 1.165) is 12.8 Å². The standard InChI is InChI=1S/C20H32B2O4Se/c1-17(2)18(3,4)24-21(23-17)15-13-11-9-10-12-14(13)16(27-15)22-25-19(5,6)20(7,8)26-22/h9-12H2,1-8H3. The Hall–Kier alpha value is -0.0306. The van der Waals surface area contributed by atoms with Crippen LogP contribution in [0.5, 0.6) is 0 Å². The Bertz CT molecular complexity index is 661. The van der Waals surface area contributed by atoms with Crippen LogP contribution in [0.25, 0.3) is 0 Å². The van der Waals surface area contributed by atoms with Gasteiger partial charge in [-0.15, -0.1) is 0 Å². The van der Waals surface area contributed by atoms with Crippen LogP contribution >= 0.6 is 0 Å². The molecule has 0 N–H and O–H groups in total. The fourth-order valence-electron chi connectivity index (χ4n) is 3.97. The van der Waals surface area contributed by atoms with E-state index in [-0.39, 0.29) is 51.1 Å². The Morgan fingerprint density at radius 3 is 1.19 bits per heavy atom. The van der Waals surface area contributed by atoms with Crippen molar-refractivity contribution in [2.75, 3.05) is 0 Å². The van der Waals surface area contributed by atoms with Crippen LogP contribution in [-0.2, 0) is 31.5 Å². The topological polar surface area (TPSA) is 36.9 Å². The molecule has 7 heteroatoms. The van der Waals surface area contributed by atoms with Gasteiger partial charge in [0.1, 0.15) is 0 Å². The van der Waals surface area contributed by atoms with E-state index in [1.165, 1.54) is 32.6 Å². The van der Waals surface area contributed by atoms with Gasteiger partial charge in [0.2, 0.25) is 0 Å². The second kappa shape index (κ2) is 6.23. The predicted octanol–water partition coefficient (Wildman–Crippen LogP) is 2.22. The van der Waals surface area contributed by atoms with Crippen LogP contribution in [0.2, 0.25) is 0 Å². The molecule has 2 saturated heterocycles. The van der Waals surface area contributed by atoms with Crippen LogP contribution in [0.4, 0.5) is 0 Å². The summed E-state index contributed by atoms with van der Waals surface area (Å²) in [5.41, 5.74) is 1.74. The van der Waals surface area contributed by atoms with Crippen molar-refractivity contribution in [3.8, 4) is 0 Å². The van der Waals surface area contributed by atoms with E-state index in [1.807, 2.05) is 0 Å². The van der Waals surface area contributed by atoms with Crippen LogP contribution in [0.15, 0.2) is 0 Å². The molecule has 0 saturated carbocycles. The molecule has 2 fully saturated rings. The van der Waals surface area contributed by atoms with E-state index in [4.69, 9.17) is 18.6 Å². The minimum absolute atomic E-state index is 0.150. The average Bonchev–Trinajstić information content (AvgIpc) is 3.08. The molecule has 4 nitrogen and oxygen atoms in total. The van der Waals surface area contributed by atoms with Gasteiger partial charge in [-0.25, -0.2) is 0 Å². The monoisotopic (exact) mass is 438 g/mol. The molecule has 27 heavy (non-hydrogen) atoms. The number of fused-ring (bicyclic) bond motifs is 1. The Kier molecular flexibility index (Phi) is 4.67. The molecule has 0 radical (unpaired) electrons. The Morgan fingerprint density at radius 1 is 0.593 bits per heavy atom. The molecule has 1 aliphatic carbocycles. The number of hydrogen-bond acceptors (Lipinski definition) is 4. The first-order valence-corrected chi connectivity index (χ1v) is 11.9. The summed E-state index contributed by atoms with van der Waals surface area (Å²) < 4.78 is 28.4. The maximum absolute atomic E-state index is 6.42. The third-order valence-corrected chi connectivity index (χ3v) is 9.98. The molecular weight excluding hydrogens is 405 g/mol. The quantitative estimate of drug-likeness (QED) is 0.666. The van der Waals surface area contributed by atoms with Gasteiger partial charge in [0.25, 0.3) is 0 Å². The van der Waals surface area contributed by atoms with Crippen LogP contribution in [0.3, 0.4) is 0 Å². The first-order valence-electron chi connectivity index (χ1n) is 10.2. The first kappa shape index (κ1) is 20.3. The second-order valence-corrected chi connectivity index (χ2v) is 12.4. The van der Waals surface area contributed by atoms with E-state index >= 15 is 0 Å². The van der Waals surface area contributed by atoms with Gasteiger partial charge in [0, 0.05) is 0 Å². The molecule has 3 aliphatic rings. The Balaban J connectivity index is 1.72. The summed E-state index contributed by atoms with van der Waals surface area (Å²) >= 11 is 0.150. The van der Waals surface area contributed by atoms with Crippen LogP contribution in [-0.4, -0.2) is 51.1 Å². The fourth-order valence-corrected chi connectivity index (χ4v) is 6.74. The van der Waals surface area contributed by atoms with Crippen molar-refractivity contribution in [1.82, 2.24) is 0 Å². The summed E-state index contributed by atoms with van der Waals surface area (Å²) in [6.07, 6.45) is 4.74. The van der Waals surface area contributed by atoms with Crippen molar-refractivity contribution in [2.24, 2.45) is 0 Å². The zero-order chi connectivity index (χ0) is 19.8. The predicted molar refractivity (Wildman–Crippen MR) is 111 cm³/mol. The van der Waals surface area contributed by atoms with Gasteiger partial charge in [-0.1, -0.05) is 0 Å². The molecule has 4 rings (SSSR count). The van der Waals surface area contributed by atoms with Gasteiger partial charge in [-0.05, 0) is 0 Å². The summed E-state index contributed by atoms with van der Waals surface area (Å²) in [4.78, 5) is 0. The average molecular weight is 437 g/mol. The summed E-state index contributed by atoms with van der Waals surface area (Å²) in [5, 5.41) is 0. The minimum atomic E-state index is -0.302. The van der Waals surface area contributed by atoms with Gasteiger partial charge < -0.3 is 0 Å². The van der Waals surface area contributed by atoms with E-state index in [2.05, 4.69) is 55.4 Å². The second-order valence-electron chi connectivity index (χ2n) is 10.2. The third kappa shape index (κ3) is 3.14. The molecule has 2 aliphatic heterocycles. The molecule has 0 bridgehead atoms. The normalized spacial score (nSPS) is 27.9. The van der Waals surface area contributed by atoms with Crippen LogP contribution < -0.4 is 8.67 Å². The van der Waals surface area contributed by atoms with Crippen molar-refractivity contribution >= 4 is 37.4 Å². The van der Waals surface area contributed by atoms with Gasteiger partial charge in [0.05, 0.1) is 0 Å². The molecule has 0 atom stereocenters. The summed E-state index contributed by atoms with van der Waals surface area (Å²) in [7, 11) is -0.476. The Morgan fingerprint density at radius 2 is 0.889 bits per heavy atom. The van der Waals surface area contributed by atoms with Gasteiger partial charge >= 0.3 is 171 Å². The molecule has 3 heterocycles. The van der Waals surface area contributed by atoms with Crippen molar-refractivity contribution in [3.63, 3.8) is 0 Å². The fraction of sp³-hybridized carbons (Fsp3) is 0.800. The number of hydrogen-bond donors (Lipinski definition) is 0. The maximum atomic E-state index is 6.42. The molecule has 0 spiro atoms. The van der Waals surface area contributed by atoms with Gasteiger partial charge in [0.15, 0.2) is 0 Å². The van der Waals surface area contributed by atoms with Crippen LogP contribution in [0.1, 0.15) is 79.4 Å². The van der Waals surface area contributed by atoms with Gasteiger partial charge in [-0.2, -0.15) is 0 Å². The van der Waals surface area contributed by atoms with E-state index in [0.29, 0.717) is 0 Å². The summed E-state index contributed by atoms with van der Waals surface area (Å²) in [6, 6.07) is 0. The number of rotatable bonds is 2. The van der Waals surface area contributed by atoms with E-state index < -0.39 is 0 Å². The van der Waals surface area contributed by atoms with Crippen molar-refractivity contribution in [2.45, 2.75) is 103 Å². The zero-order valence-corrected chi connectivity index (χ0v) is 19.7. The van der Waals surface area contributed by atoms with Crippen molar-refractivity contribution < 1.29 is 18.6 Å². The summed E-state index contributed by atoms with van der Waals surface area (Å²) in [6.45, 7) is 17.0. The van der Waals surface area contributed by atoms with Crippen LogP contribution in [0, 0.1) is 0 Å². The molecule has 0 unspecified atom stereocenters. The molecule has 0 amide bonds. The first-order chi connectivity index (χ1) is 12.3. The van der Waals surface area contributed by atoms with Crippen molar-refractivity contribution in [1.29, 1.82) is 0 Å². The van der Waals surface area contributed by atoms with Crippen molar-refractivity contribution in [3.05, 3.63) is 11.1 Å². The summed E-state index contributed by atoms with van der Waals surface area (Å²) in [5.74, 6) is 0. The molecule has 1 aromatic rings. The molecule has 0 aromatic carbocycles. The molecular formula is C20H32B2O4Se. The van der Waals surface area contributed by atoms with E-state index in [1.54, 1.807) is 0 Å². The van der Waals surface area contributed by atoms with E-state index in [9.17, 15) is 0 Å².